The molecule has 0 aliphatic heterocycles. The standard InChI is InChI=1S/C21H25NO3/c1-4-24-19-13-11-17(15-20(19)25-5-2)12-14-21(23)22-16(3)18-9-7-6-8-10-18/h6-16H,4-5H2,1-3H3,(H,22,23)/b14-12+/t16-/m0/s1. The summed E-state index contributed by atoms with van der Waals surface area (Å²) in [4.78, 5) is 12.1. The fraction of sp³-hybridized carbons (Fsp3) is 0.286. The molecule has 132 valence electrons. The average Bonchev–Trinajstić information content (AvgIpc) is 2.63. The molecule has 0 spiro atoms. The molecule has 0 aromatic heterocycles. The highest BCUT2D eigenvalue weighted by Crippen LogP contribution is 2.29. The molecule has 25 heavy (non-hydrogen) atoms. The van der Waals surface area contributed by atoms with Crippen molar-refractivity contribution in [2.24, 2.45) is 0 Å². The number of rotatable bonds is 8. The van der Waals surface area contributed by atoms with E-state index in [0.29, 0.717) is 24.7 Å². The minimum Gasteiger partial charge on any atom is -0.490 e. The monoisotopic (exact) mass is 339 g/mol. The van der Waals surface area contributed by atoms with Crippen LogP contribution < -0.4 is 14.8 Å². The van der Waals surface area contributed by atoms with E-state index in [2.05, 4.69) is 5.32 Å². The quantitative estimate of drug-likeness (QED) is 0.726. The van der Waals surface area contributed by atoms with Gasteiger partial charge in [-0.3, -0.25) is 4.79 Å². The first-order chi connectivity index (χ1) is 12.1. The van der Waals surface area contributed by atoms with Gasteiger partial charge in [0.1, 0.15) is 0 Å². The largest absolute Gasteiger partial charge is 0.490 e. The molecule has 0 bridgehead atoms. The van der Waals surface area contributed by atoms with E-state index in [-0.39, 0.29) is 11.9 Å². The van der Waals surface area contributed by atoms with Crippen molar-refractivity contribution in [2.45, 2.75) is 26.8 Å². The first kappa shape index (κ1) is 18.6. The predicted molar refractivity (Wildman–Crippen MR) is 101 cm³/mol. The minimum atomic E-state index is -0.136. The number of nitrogens with one attached hydrogen (secondary N) is 1. The van der Waals surface area contributed by atoms with Gasteiger partial charge in [-0.1, -0.05) is 36.4 Å². The van der Waals surface area contributed by atoms with Crippen molar-refractivity contribution in [1.82, 2.24) is 5.32 Å². The highest BCUT2D eigenvalue weighted by molar-refractivity contribution is 5.92. The molecule has 0 fully saturated rings. The van der Waals surface area contributed by atoms with Gasteiger partial charge in [-0.2, -0.15) is 0 Å². The smallest absolute Gasteiger partial charge is 0.244 e. The number of carbonyl (C=O) groups excluding carboxylic acids is 1. The molecule has 0 radical (unpaired) electrons. The van der Waals surface area contributed by atoms with Gasteiger partial charge in [0.2, 0.25) is 5.91 Å². The van der Waals surface area contributed by atoms with Crippen molar-refractivity contribution >= 4 is 12.0 Å². The van der Waals surface area contributed by atoms with Gasteiger partial charge < -0.3 is 14.8 Å². The maximum atomic E-state index is 12.1. The summed E-state index contributed by atoms with van der Waals surface area (Å²) in [5.74, 6) is 1.26. The molecule has 2 aromatic rings. The second-order valence-electron chi connectivity index (χ2n) is 5.55. The van der Waals surface area contributed by atoms with Gasteiger partial charge >= 0.3 is 0 Å². The Morgan fingerprint density at radius 3 is 2.40 bits per heavy atom. The Kier molecular flexibility index (Phi) is 7.08. The van der Waals surface area contributed by atoms with Crippen LogP contribution in [-0.2, 0) is 4.79 Å². The molecule has 1 atom stereocenters. The second-order valence-corrected chi connectivity index (χ2v) is 5.55. The van der Waals surface area contributed by atoms with Crippen LogP contribution in [0.2, 0.25) is 0 Å². The summed E-state index contributed by atoms with van der Waals surface area (Å²) in [7, 11) is 0. The van der Waals surface area contributed by atoms with Crippen molar-refractivity contribution in [1.29, 1.82) is 0 Å². The van der Waals surface area contributed by atoms with E-state index in [1.165, 1.54) is 6.08 Å². The Hall–Kier alpha value is -2.75. The summed E-state index contributed by atoms with van der Waals surface area (Å²) in [6.45, 7) is 6.96. The molecule has 0 saturated heterocycles. The van der Waals surface area contributed by atoms with E-state index in [1.54, 1.807) is 6.08 Å². The molecule has 2 rings (SSSR count). The molecule has 0 unspecified atom stereocenters. The number of ether oxygens (including phenoxy) is 2. The Balaban J connectivity index is 2.02. The van der Waals surface area contributed by atoms with Crippen LogP contribution in [0.1, 0.15) is 37.9 Å². The van der Waals surface area contributed by atoms with Crippen molar-refractivity contribution in [2.75, 3.05) is 13.2 Å². The summed E-state index contributed by atoms with van der Waals surface area (Å²) in [5, 5.41) is 2.96. The van der Waals surface area contributed by atoms with Gasteiger partial charge in [0, 0.05) is 6.08 Å². The second kappa shape index (κ2) is 9.52. The molecule has 0 heterocycles. The maximum Gasteiger partial charge on any atom is 0.244 e. The molecule has 0 saturated carbocycles. The average molecular weight is 339 g/mol. The van der Waals surface area contributed by atoms with Crippen LogP contribution in [0.3, 0.4) is 0 Å². The summed E-state index contributed by atoms with van der Waals surface area (Å²) in [6.07, 6.45) is 3.30. The van der Waals surface area contributed by atoms with Crippen molar-refractivity contribution < 1.29 is 14.3 Å². The topological polar surface area (TPSA) is 47.6 Å². The van der Waals surface area contributed by atoms with Crippen LogP contribution in [0.15, 0.2) is 54.6 Å². The van der Waals surface area contributed by atoms with Gasteiger partial charge in [-0.25, -0.2) is 0 Å². The van der Waals surface area contributed by atoms with Crippen molar-refractivity contribution in [3.8, 4) is 11.5 Å². The predicted octanol–water partition coefficient (Wildman–Crippen LogP) is 4.37. The number of carbonyl (C=O) groups is 1. The lowest BCUT2D eigenvalue weighted by molar-refractivity contribution is -0.117. The lowest BCUT2D eigenvalue weighted by atomic mass is 10.1. The molecular formula is C21H25NO3. The van der Waals surface area contributed by atoms with Gasteiger partial charge in [0.25, 0.3) is 0 Å². The van der Waals surface area contributed by atoms with Crippen LogP contribution in [0.25, 0.3) is 6.08 Å². The molecule has 1 amide bonds. The third-order valence-electron chi connectivity index (χ3n) is 3.65. The zero-order valence-electron chi connectivity index (χ0n) is 15.0. The SMILES string of the molecule is CCOc1ccc(/C=C/C(=O)N[C@@H](C)c2ccccc2)cc1OCC. The zero-order chi connectivity index (χ0) is 18.1. The van der Waals surface area contributed by atoms with Gasteiger partial charge in [-0.15, -0.1) is 0 Å². The van der Waals surface area contributed by atoms with Gasteiger partial charge in [0.15, 0.2) is 11.5 Å². The molecule has 4 nitrogen and oxygen atoms in total. The Bertz CT molecular complexity index is 710. The zero-order valence-corrected chi connectivity index (χ0v) is 15.0. The van der Waals surface area contributed by atoms with Crippen LogP contribution in [0.4, 0.5) is 0 Å². The number of benzene rings is 2. The van der Waals surface area contributed by atoms with E-state index in [4.69, 9.17) is 9.47 Å². The van der Waals surface area contributed by atoms with E-state index >= 15 is 0 Å². The lowest BCUT2D eigenvalue weighted by Crippen LogP contribution is -2.24. The third kappa shape index (κ3) is 5.68. The van der Waals surface area contributed by atoms with Crippen LogP contribution >= 0.6 is 0 Å². The van der Waals surface area contributed by atoms with Crippen LogP contribution in [0, 0.1) is 0 Å². The Morgan fingerprint density at radius 2 is 1.72 bits per heavy atom. The summed E-state index contributed by atoms with van der Waals surface area (Å²) in [5.41, 5.74) is 1.96. The molecule has 2 aromatic carbocycles. The van der Waals surface area contributed by atoms with Crippen LogP contribution in [-0.4, -0.2) is 19.1 Å². The summed E-state index contributed by atoms with van der Waals surface area (Å²) in [6, 6.07) is 15.5. The normalized spacial score (nSPS) is 12.0. The Morgan fingerprint density at radius 1 is 1.04 bits per heavy atom. The van der Waals surface area contributed by atoms with Gasteiger partial charge in [0.05, 0.1) is 19.3 Å². The Labute approximate surface area is 149 Å². The summed E-state index contributed by atoms with van der Waals surface area (Å²) >= 11 is 0. The lowest BCUT2D eigenvalue weighted by Gasteiger charge is -2.13. The van der Waals surface area contributed by atoms with Crippen molar-refractivity contribution in [3.05, 3.63) is 65.7 Å². The first-order valence-corrected chi connectivity index (χ1v) is 8.57. The third-order valence-corrected chi connectivity index (χ3v) is 3.65. The first-order valence-electron chi connectivity index (χ1n) is 8.57. The maximum absolute atomic E-state index is 12.1. The van der Waals surface area contributed by atoms with E-state index < -0.39 is 0 Å². The molecule has 0 aliphatic carbocycles. The molecular weight excluding hydrogens is 314 g/mol. The van der Waals surface area contributed by atoms with Crippen LogP contribution in [0.5, 0.6) is 11.5 Å². The fourth-order valence-electron chi connectivity index (χ4n) is 2.43. The molecule has 0 aliphatic rings. The van der Waals surface area contributed by atoms with E-state index in [9.17, 15) is 4.79 Å². The highest BCUT2D eigenvalue weighted by Gasteiger charge is 2.07. The highest BCUT2D eigenvalue weighted by atomic mass is 16.5. The van der Waals surface area contributed by atoms with Gasteiger partial charge in [-0.05, 0) is 50.1 Å². The minimum absolute atomic E-state index is 0.0438. The number of hydrogen-bond acceptors (Lipinski definition) is 3. The number of hydrogen-bond donors (Lipinski definition) is 1. The van der Waals surface area contributed by atoms with Crippen molar-refractivity contribution in [3.63, 3.8) is 0 Å². The molecule has 1 N–H and O–H groups in total. The summed E-state index contributed by atoms with van der Waals surface area (Å²) < 4.78 is 11.1. The molecule has 4 heteroatoms. The van der Waals surface area contributed by atoms with E-state index in [0.717, 1.165) is 11.1 Å². The fourth-order valence-corrected chi connectivity index (χ4v) is 2.43. The van der Waals surface area contributed by atoms with E-state index in [1.807, 2.05) is 69.3 Å². The number of amides is 1.